The van der Waals surface area contributed by atoms with Crippen LogP contribution in [0.2, 0.25) is 0 Å². The Hall–Kier alpha value is -7.86. The lowest BCUT2D eigenvalue weighted by atomic mass is 9.88. The van der Waals surface area contributed by atoms with E-state index in [1.54, 1.807) is 32.6 Å². The van der Waals surface area contributed by atoms with Crippen molar-refractivity contribution in [1.29, 1.82) is 0 Å². The molecule has 6 fully saturated rings. The molecule has 1 aromatic carbocycles. The van der Waals surface area contributed by atoms with Gasteiger partial charge in [0.1, 0.15) is 102 Å². The van der Waals surface area contributed by atoms with Crippen LogP contribution in [0.3, 0.4) is 0 Å². The first-order valence-corrected chi connectivity index (χ1v) is 44.9. The van der Waals surface area contributed by atoms with E-state index in [9.17, 15) is 59.4 Å². The minimum absolute atomic E-state index is 0.0220. The molecule has 50 heteroatoms. The van der Waals surface area contributed by atoms with Gasteiger partial charge in [0.2, 0.25) is 35.8 Å². The number of aliphatic hydroxyl groups excluding tert-OH is 6. The molecule has 0 radical (unpaired) electrons. The lowest BCUT2D eigenvalue weighted by Crippen LogP contribution is -2.66. The number of hydrogen-bond donors (Lipinski definition) is 12. The molecule has 10 rings (SSSR count). The number of ether oxygens (including phenoxy) is 21. The molecule has 9 heterocycles. The average Bonchev–Trinajstić information content (AvgIpc) is 1.62. The maximum Gasteiger partial charge on any atom is 0.407 e. The van der Waals surface area contributed by atoms with Crippen LogP contribution in [0, 0.1) is 0 Å². The van der Waals surface area contributed by atoms with Crippen molar-refractivity contribution < 1.29 is 169 Å². The van der Waals surface area contributed by atoms with Gasteiger partial charge >= 0.3 is 6.09 Å². The van der Waals surface area contributed by atoms with E-state index in [0.717, 1.165) is 12.0 Å². The standard InChI is InChI=1S/C83H133N15O35/c1-58(99)86-67-70(104)73(107)81(55-127-76(67)129-81)53-120-40-37-117-34-31-114-28-25-111-22-19-96-43-62(90-93-96)47-123-50-80(89-66(103)16-10-6-11-17-84-65(102)15-9-5-12-18-85-79(110)126-46-61-13-7-4-8-14-61,51-124-48-63-44-97(94-91-63)20-23-112-26-29-115-32-35-118-38-41-121-54-82-56-128-77(130-82)68(87-59(2)100)71(105)74(82)108)52-125-49-64-45-98(95-92-64)21-24-113-27-30-116-33-36-119-39-42-122-57-83-75(109)72(106)69(88-60(3)101)78(131-83)132-133-83/h4,7-8,13-14,43-45,67-78,104-109H,5-6,9-12,15-42,46-57H2,1-3H3,(H,84,102)(H,85,110)(H,86,99)(H,87,100)(H,88,101)(H,89,103)/t67-,68-,69-,70-,71-,72-,73-,74-,75-,76-,77-,78-,81+,82+,83+/m1/s1. The second-order valence-electron chi connectivity index (χ2n) is 32.5. The Labute approximate surface area is 768 Å². The summed E-state index contributed by atoms with van der Waals surface area (Å²) in [6.45, 7) is 10.2. The van der Waals surface area contributed by atoms with Gasteiger partial charge in [-0.25, -0.2) is 18.8 Å². The quantitative estimate of drug-likeness (QED) is 0.0147. The Bertz CT molecular complexity index is 3700. The van der Waals surface area contributed by atoms with E-state index in [2.05, 4.69) is 62.8 Å². The maximum absolute atomic E-state index is 14.3. The number of alkyl carbamates (subject to hydrolysis) is 1. The molecule has 133 heavy (non-hydrogen) atoms. The second-order valence-corrected chi connectivity index (χ2v) is 32.5. The first-order valence-electron chi connectivity index (χ1n) is 44.9. The van der Waals surface area contributed by atoms with E-state index < -0.39 is 120 Å². The van der Waals surface area contributed by atoms with Crippen LogP contribution in [0.1, 0.15) is 94.8 Å². The average molecular weight is 1900 g/mol. The normalized spacial score (nSPS) is 25.1. The predicted molar refractivity (Wildman–Crippen MR) is 450 cm³/mol. The van der Waals surface area contributed by atoms with E-state index >= 15 is 0 Å². The predicted octanol–water partition coefficient (Wildman–Crippen LogP) is -4.43. The highest BCUT2D eigenvalue weighted by molar-refractivity contribution is 5.77. The number of unbranched alkanes of at least 4 members (excludes halogenated alkanes) is 4. The van der Waals surface area contributed by atoms with Gasteiger partial charge in [-0.15, -0.1) is 15.3 Å². The number of rotatable bonds is 72. The zero-order chi connectivity index (χ0) is 94.4. The molecule has 12 N–H and O–H groups in total. The van der Waals surface area contributed by atoms with Crippen LogP contribution in [0.4, 0.5) is 4.79 Å². The molecule has 0 aliphatic carbocycles. The van der Waals surface area contributed by atoms with Crippen LogP contribution < -0.4 is 31.9 Å². The molecule has 0 unspecified atom stereocenters. The van der Waals surface area contributed by atoms with Crippen molar-refractivity contribution in [3.8, 4) is 0 Å². The topological polar surface area (TPSA) is 600 Å². The van der Waals surface area contributed by atoms with Crippen molar-refractivity contribution in [2.45, 2.75) is 214 Å². The van der Waals surface area contributed by atoms with Crippen molar-refractivity contribution >= 4 is 35.6 Å². The Balaban J connectivity index is 0.654. The molecule has 6 amide bonds. The van der Waals surface area contributed by atoms with E-state index in [1.807, 2.05) is 30.3 Å². The first kappa shape index (κ1) is 107. The number of hydrogen-bond acceptors (Lipinski definition) is 41. The van der Waals surface area contributed by atoms with E-state index in [4.69, 9.17) is 109 Å². The fraction of sp³-hybridized carbons (Fsp3) is 0.783. The van der Waals surface area contributed by atoms with Crippen LogP contribution in [-0.4, -0.2) is 412 Å². The van der Waals surface area contributed by atoms with Gasteiger partial charge in [-0.2, -0.15) is 9.78 Å². The van der Waals surface area contributed by atoms with Gasteiger partial charge in [0.05, 0.1) is 243 Å². The van der Waals surface area contributed by atoms with E-state index in [0.29, 0.717) is 102 Å². The van der Waals surface area contributed by atoms with Crippen molar-refractivity contribution in [3.05, 3.63) is 71.6 Å². The molecule has 6 aliphatic heterocycles. The summed E-state index contributed by atoms with van der Waals surface area (Å²) in [5, 5.41) is 106. The summed E-state index contributed by atoms with van der Waals surface area (Å²) >= 11 is 0. The van der Waals surface area contributed by atoms with Crippen molar-refractivity contribution in [3.63, 3.8) is 0 Å². The molecule has 4 aromatic rings. The third-order valence-corrected chi connectivity index (χ3v) is 21.6. The first-order chi connectivity index (χ1) is 64.5. The zero-order valence-corrected chi connectivity index (χ0v) is 75.6. The molecule has 6 saturated heterocycles. The van der Waals surface area contributed by atoms with Crippen LogP contribution in [-0.2, 0) is 179 Å². The van der Waals surface area contributed by atoms with Crippen LogP contribution in [0.5, 0.6) is 0 Å². The molecule has 50 nitrogen and oxygen atoms in total. The molecule has 6 aliphatic rings. The highest BCUT2D eigenvalue weighted by atomic mass is 17.3. The molecule has 3 aromatic heterocycles. The number of amides is 6. The highest BCUT2D eigenvalue weighted by Crippen LogP contribution is 2.41. The van der Waals surface area contributed by atoms with Gasteiger partial charge in [0.25, 0.3) is 5.79 Å². The molecule has 15 atom stereocenters. The van der Waals surface area contributed by atoms with E-state index in [1.165, 1.54) is 20.8 Å². The summed E-state index contributed by atoms with van der Waals surface area (Å²) in [5.41, 5.74) is -1.58. The fourth-order valence-electron chi connectivity index (χ4n) is 14.7. The fourth-order valence-corrected chi connectivity index (χ4v) is 14.7. The number of carbonyl (C=O) groups is 6. The van der Waals surface area contributed by atoms with Gasteiger partial charge in [-0.1, -0.05) is 58.8 Å². The van der Waals surface area contributed by atoms with Crippen LogP contribution >= 0.6 is 0 Å². The minimum Gasteiger partial charge on any atom is -0.445 e. The van der Waals surface area contributed by atoms with Crippen molar-refractivity contribution in [2.24, 2.45) is 0 Å². The Morgan fingerprint density at radius 1 is 0.414 bits per heavy atom. The number of fused-ring (bicyclic) bond motifs is 6. The molecule has 0 spiro atoms. The van der Waals surface area contributed by atoms with Crippen LogP contribution in [0.25, 0.3) is 0 Å². The summed E-state index contributed by atoms with van der Waals surface area (Å²) < 4.78 is 126. The highest BCUT2D eigenvalue weighted by Gasteiger charge is 2.63. The number of benzene rings is 1. The lowest BCUT2D eigenvalue weighted by molar-refractivity contribution is -0.358. The summed E-state index contributed by atoms with van der Waals surface area (Å²) in [4.78, 5) is 84.3. The third-order valence-electron chi connectivity index (χ3n) is 21.6. The Kier molecular flexibility index (Phi) is 46.7. The summed E-state index contributed by atoms with van der Waals surface area (Å²) in [6, 6.07) is 6.51. The summed E-state index contributed by atoms with van der Waals surface area (Å²) in [5.74, 6) is -3.43. The number of carbonyl (C=O) groups excluding carboxylic acids is 6. The Morgan fingerprint density at radius 3 is 1.20 bits per heavy atom. The SMILES string of the molecule is CC(=O)N[C@H]1[C@@H]2OC[C@](COCCOCCOCCOCCn3cc(COCC(COCc4cn(CCOCCOCCOCCOC[C@@]56CO[C@H](O5)[C@H](NC(C)=O)[C@@H](O)[C@H]6O)nn4)(COCc4cn(CCOCCOCCOCCOC[C@@]56OO[C@@H](O5)[C@H](NC(C)=O)[C@@H](O)[C@H]6O)nn4)NC(=O)CCCCCNC(=O)CCCCCNC(=O)OCc4ccccc4)nn3)(O2)[C@H](O)[C@@H]1O. The molecule has 0 saturated carbocycles. The van der Waals surface area contributed by atoms with Crippen molar-refractivity contribution in [1.82, 2.24) is 76.9 Å². The van der Waals surface area contributed by atoms with E-state index in [-0.39, 0.29) is 223 Å². The summed E-state index contributed by atoms with van der Waals surface area (Å²) in [7, 11) is 0. The minimum atomic E-state index is -1.78. The van der Waals surface area contributed by atoms with Gasteiger partial charge in [0.15, 0.2) is 12.6 Å². The molecular weight excluding hydrogens is 1770 g/mol. The number of aromatic nitrogens is 9. The lowest BCUT2D eigenvalue weighted by Gasteiger charge is -2.42. The second kappa shape index (κ2) is 58.0. The number of nitrogens with zero attached hydrogens (tertiary/aromatic N) is 9. The largest absolute Gasteiger partial charge is 0.445 e. The van der Waals surface area contributed by atoms with Crippen molar-refractivity contribution in [2.75, 3.05) is 205 Å². The number of aliphatic hydroxyl groups is 6. The molecular formula is C83H133N15O35. The smallest absolute Gasteiger partial charge is 0.407 e. The van der Waals surface area contributed by atoms with Gasteiger partial charge in [0, 0.05) is 46.7 Å². The van der Waals surface area contributed by atoms with Crippen LogP contribution in [0.15, 0.2) is 48.9 Å². The monoisotopic (exact) mass is 1900 g/mol. The van der Waals surface area contributed by atoms with Gasteiger partial charge in [-0.05, 0) is 31.2 Å². The number of nitrogens with one attached hydrogen (secondary N) is 6. The maximum atomic E-state index is 14.3. The molecule has 750 valence electrons. The van der Waals surface area contributed by atoms with Gasteiger partial charge in [-0.3, -0.25) is 24.0 Å². The Morgan fingerprint density at radius 2 is 0.782 bits per heavy atom. The summed E-state index contributed by atoms with van der Waals surface area (Å²) in [6.07, 6.45) is -2.45. The van der Waals surface area contributed by atoms with Gasteiger partial charge < -0.3 is 162 Å². The zero-order valence-electron chi connectivity index (χ0n) is 75.6. The molecule has 6 bridgehead atoms. The third kappa shape index (κ3) is 36.2.